The number of ether oxygens (including phenoxy) is 2. The largest absolute Gasteiger partial charge is 0.496 e. The molecule has 0 aliphatic heterocycles. The molecule has 1 heterocycles. The quantitative estimate of drug-likeness (QED) is 0.838. The molecule has 15 heavy (non-hydrogen) atoms. The van der Waals surface area contributed by atoms with E-state index < -0.39 is 0 Å². The van der Waals surface area contributed by atoms with Crippen LogP contribution in [0.25, 0.3) is 10.9 Å². The van der Waals surface area contributed by atoms with Gasteiger partial charge in [-0.2, -0.15) is 0 Å². The molecule has 0 saturated carbocycles. The summed E-state index contributed by atoms with van der Waals surface area (Å²) in [6.45, 7) is 0. The van der Waals surface area contributed by atoms with Crippen LogP contribution in [0.4, 0.5) is 0 Å². The molecule has 0 N–H and O–H groups in total. The minimum Gasteiger partial charge on any atom is -0.496 e. The van der Waals surface area contributed by atoms with Crippen molar-refractivity contribution in [1.29, 1.82) is 0 Å². The van der Waals surface area contributed by atoms with Crippen molar-refractivity contribution >= 4 is 26.8 Å². The Labute approximate surface area is 96.2 Å². The Balaban J connectivity index is 2.72. The summed E-state index contributed by atoms with van der Waals surface area (Å²) in [5.41, 5.74) is 0.906. The van der Waals surface area contributed by atoms with Gasteiger partial charge in [0.1, 0.15) is 11.5 Å². The number of fused-ring (bicyclic) bond motifs is 1. The molecule has 78 valence electrons. The van der Waals surface area contributed by atoms with E-state index in [9.17, 15) is 0 Å². The van der Waals surface area contributed by atoms with Crippen molar-refractivity contribution in [2.75, 3.05) is 14.2 Å². The summed E-state index contributed by atoms with van der Waals surface area (Å²) in [6.07, 6.45) is 1.70. The molecule has 2 rings (SSSR count). The van der Waals surface area contributed by atoms with Gasteiger partial charge in [-0.1, -0.05) is 0 Å². The summed E-state index contributed by atoms with van der Waals surface area (Å²) in [5, 5.41) is 0.980. The van der Waals surface area contributed by atoms with Crippen molar-refractivity contribution in [3.05, 3.63) is 28.9 Å². The third-order valence-corrected chi connectivity index (χ3v) is 3.01. The molecule has 2 aromatic rings. The number of methoxy groups -OCH3 is 2. The monoisotopic (exact) mass is 267 g/mol. The molecule has 0 aliphatic carbocycles. The van der Waals surface area contributed by atoms with Gasteiger partial charge in [0.05, 0.1) is 30.4 Å². The fourth-order valence-electron chi connectivity index (χ4n) is 1.39. The van der Waals surface area contributed by atoms with E-state index in [1.807, 2.05) is 18.2 Å². The predicted molar refractivity (Wildman–Crippen MR) is 62.5 cm³/mol. The Morgan fingerprint density at radius 2 is 2.00 bits per heavy atom. The first-order valence-electron chi connectivity index (χ1n) is 4.42. The molecular weight excluding hydrogens is 258 g/mol. The molecule has 1 aromatic carbocycles. The summed E-state index contributed by atoms with van der Waals surface area (Å²) >= 11 is 3.48. The van der Waals surface area contributed by atoms with E-state index in [0.29, 0.717) is 0 Å². The van der Waals surface area contributed by atoms with Gasteiger partial charge in [0.25, 0.3) is 0 Å². The van der Waals surface area contributed by atoms with E-state index in [0.717, 1.165) is 26.9 Å². The highest BCUT2D eigenvalue weighted by Crippen LogP contribution is 2.33. The van der Waals surface area contributed by atoms with Gasteiger partial charge in [-0.25, -0.2) is 0 Å². The molecular formula is C11H10BrNO2. The number of benzene rings is 1. The molecule has 0 atom stereocenters. The number of aromatic nitrogens is 1. The number of pyridine rings is 1. The molecule has 4 heteroatoms. The van der Waals surface area contributed by atoms with Gasteiger partial charge in [-0.15, -0.1) is 0 Å². The van der Waals surface area contributed by atoms with E-state index in [1.165, 1.54) is 0 Å². The summed E-state index contributed by atoms with van der Waals surface area (Å²) in [7, 11) is 3.26. The lowest BCUT2D eigenvalue weighted by Crippen LogP contribution is -1.89. The van der Waals surface area contributed by atoms with Crippen LogP contribution in [0, 0.1) is 0 Å². The maximum atomic E-state index is 5.21. The Bertz CT molecular complexity index is 494. The summed E-state index contributed by atoms with van der Waals surface area (Å²) in [6, 6.07) is 5.72. The first-order chi connectivity index (χ1) is 7.26. The van der Waals surface area contributed by atoms with Gasteiger partial charge in [0.2, 0.25) is 0 Å². The van der Waals surface area contributed by atoms with Crippen LogP contribution in [0.2, 0.25) is 0 Å². The molecule has 0 saturated heterocycles. The second kappa shape index (κ2) is 4.06. The van der Waals surface area contributed by atoms with Gasteiger partial charge < -0.3 is 9.47 Å². The zero-order chi connectivity index (χ0) is 10.8. The smallest absolute Gasteiger partial charge is 0.137 e. The van der Waals surface area contributed by atoms with Crippen LogP contribution in [0.3, 0.4) is 0 Å². The Hall–Kier alpha value is -1.29. The fourth-order valence-corrected chi connectivity index (χ4v) is 2.01. The van der Waals surface area contributed by atoms with Crippen LogP contribution in [0.5, 0.6) is 11.5 Å². The number of halogens is 1. The number of nitrogens with zero attached hydrogens (tertiary/aromatic N) is 1. The molecule has 0 amide bonds. The van der Waals surface area contributed by atoms with E-state index in [2.05, 4.69) is 20.9 Å². The van der Waals surface area contributed by atoms with Gasteiger partial charge in [-0.05, 0) is 34.1 Å². The van der Waals surface area contributed by atoms with Crippen LogP contribution in [0.1, 0.15) is 0 Å². The van der Waals surface area contributed by atoms with Gasteiger partial charge >= 0.3 is 0 Å². The van der Waals surface area contributed by atoms with Crippen molar-refractivity contribution in [2.45, 2.75) is 0 Å². The highest BCUT2D eigenvalue weighted by atomic mass is 79.9. The standard InChI is InChI=1S/C11H10BrNO2/c1-14-7-5-8-9(13-6-7)3-4-10(15-2)11(8)12/h3-6H,1-2H3. The van der Waals surface area contributed by atoms with Crippen LogP contribution in [0.15, 0.2) is 28.9 Å². The van der Waals surface area contributed by atoms with E-state index in [4.69, 9.17) is 9.47 Å². The highest BCUT2D eigenvalue weighted by Gasteiger charge is 2.07. The van der Waals surface area contributed by atoms with Gasteiger partial charge in [0.15, 0.2) is 0 Å². The Morgan fingerprint density at radius 3 is 2.67 bits per heavy atom. The zero-order valence-corrected chi connectivity index (χ0v) is 10.0. The summed E-state index contributed by atoms with van der Waals surface area (Å²) < 4.78 is 11.2. The summed E-state index contributed by atoms with van der Waals surface area (Å²) in [4.78, 5) is 4.28. The lowest BCUT2D eigenvalue weighted by Gasteiger charge is -2.07. The maximum absolute atomic E-state index is 5.21. The minimum absolute atomic E-state index is 0.733. The number of rotatable bonds is 2. The van der Waals surface area contributed by atoms with Crippen LogP contribution >= 0.6 is 15.9 Å². The average molecular weight is 268 g/mol. The lowest BCUT2D eigenvalue weighted by atomic mass is 10.2. The van der Waals surface area contributed by atoms with Gasteiger partial charge in [0, 0.05) is 5.39 Å². The first-order valence-corrected chi connectivity index (χ1v) is 5.22. The minimum atomic E-state index is 0.733. The van der Waals surface area contributed by atoms with Crippen LogP contribution in [-0.2, 0) is 0 Å². The predicted octanol–water partition coefficient (Wildman–Crippen LogP) is 3.01. The number of hydrogen-bond donors (Lipinski definition) is 0. The Morgan fingerprint density at radius 1 is 1.20 bits per heavy atom. The normalized spacial score (nSPS) is 10.3. The fraction of sp³-hybridized carbons (Fsp3) is 0.182. The number of hydrogen-bond acceptors (Lipinski definition) is 3. The zero-order valence-electron chi connectivity index (χ0n) is 8.45. The van der Waals surface area contributed by atoms with Crippen molar-refractivity contribution < 1.29 is 9.47 Å². The maximum Gasteiger partial charge on any atom is 0.137 e. The van der Waals surface area contributed by atoms with E-state index in [-0.39, 0.29) is 0 Å². The molecule has 0 aliphatic rings. The van der Waals surface area contributed by atoms with E-state index in [1.54, 1.807) is 20.4 Å². The molecule has 0 bridgehead atoms. The van der Waals surface area contributed by atoms with Crippen molar-refractivity contribution in [2.24, 2.45) is 0 Å². The average Bonchev–Trinajstić information content (AvgIpc) is 2.29. The SMILES string of the molecule is COc1cnc2ccc(OC)c(Br)c2c1. The van der Waals surface area contributed by atoms with Crippen molar-refractivity contribution in [3.8, 4) is 11.5 Å². The molecule has 0 spiro atoms. The molecule has 1 aromatic heterocycles. The second-order valence-corrected chi connectivity index (χ2v) is 3.82. The lowest BCUT2D eigenvalue weighted by molar-refractivity contribution is 0.411. The van der Waals surface area contributed by atoms with E-state index >= 15 is 0 Å². The van der Waals surface area contributed by atoms with Gasteiger partial charge in [-0.3, -0.25) is 4.98 Å². The molecule has 3 nitrogen and oxygen atoms in total. The molecule has 0 unspecified atom stereocenters. The second-order valence-electron chi connectivity index (χ2n) is 3.02. The summed E-state index contributed by atoms with van der Waals surface area (Å²) in [5.74, 6) is 1.52. The van der Waals surface area contributed by atoms with Crippen molar-refractivity contribution in [1.82, 2.24) is 4.98 Å². The molecule has 0 fully saturated rings. The van der Waals surface area contributed by atoms with Crippen LogP contribution in [-0.4, -0.2) is 19.2 Å². The van der Waals surface area contributed by atoms with Crippen LogP contribution < -0.4 is 9.47 Å². The first kappa shape index (κ1) is 10.2. The highest BCUT2D eigenvalue weighted by molar-refractivity contribution is 9.10. The Kier molecular flexibility index (Phi) is 2.77. The molecule has 0 radical (unpaired) electrons. The van der Waals surface area contributed by atoms with Crippen molar-refractivity contribution in [3.63, 3.8) is 0 Å². The topological polar surface area (TPSA) is 31.4 Å². The third kappa shape index (κ3) is 1.77. The third-order valence-electron chi connectivity index (χ3n) is 2.19.